The van der Waals surface area contributed by atoms with Crippen LogP contribution in [-0.4, -0.2) is 37.9 Å². The van der Waals surface area contributed by atoms with E-state index < -0.39 is 16.6 Å². The van der Waals surface area contributed by atoms with Crippen LogP contribution >= 0.6 is 0 Å². The Labute approximate surface area is 131 Å². The number of amides is 1. The molecule has 2 heterocycles. The number of nitrogens with zero attached hydrogens (tertiary/aromatic N) is 4. The second kappa shape index (κ2) is 6.15. The van der Waals surface area contributed by atoms with E-state index in [4.69, 9.17) is 0 Å². The molecule has 120 valence electrons. The Morgan fingerprint density at radius 3 is 2.96 bits per heavy atom. The highest BCUT2D eigenvalue weighted by Crippen LogP contribution is 2.24. The van der Waals surface area contributed by atoms with Crippen LogP contribution in [0.2, 0.25) is 0 Å². The number of hydrogen-bond donors (Lipinski definition) is 0. The molecule has 1 aromatic heterocycles. The molecule has 0 radical (unpaired) electrons. The molecule has 1 aromatic carbocycles. The number of benzene rings is 1. The summed E-state index contributed by atoms with van der Waals surface area (Å²) in [6.07, 6.45) is 6.83. The Bertz CT molecular complexity index is 732. The summed E-state index contributed by atoms with van der Waals surface area (Å²) in [5.74, 6) is -1.29. The molecule has 1 aliphatic rings. The standard InChI is InChI=1S/C15H15FN4O3/c16-14-8-11(20(22)23)3-4-13(14)15(21)19-6-1-2-12(19)9-18-7-5-17-10-18/h3-5,7-8,10,12H,1-2,6,9H2. The number of likely N-dealkylation sites (tertiary alicyclic amines) is 1. The van der Waals surface area contributed by atoms with Crippen molar-refractivity contribution in [3.05, 3.63) is 58.4 Å². The van der Waals surface area contributed by atoms with Crippen LogP contribution in [0.5, 0.6) is 0 Å². The molecule has 1 amide bonds. The molecule has 1 unspecified atom stereocenters. The molecule has 0 saturated carbocycles. The molecule has 0 bridgehead atoms. The van der Waals surface area contributed by atoms with Gasteiger partial charge in [-0.15, -0.1) is 0 Å². The first-order valence-corrected chi connectivity index (χ1v) is 7.27. The highest BCUT2D eigenvalue weighted by atomic mass is 19.1. The topological polar surface area (TPSA) is 81.3 Å². The number of rotatable bonds is 4. The second-order valence-electron chi connectivity index (χ2n) is 5.48. The van der Waals surface area contributed by atoms with Gasteiger partial charge in [-0.1, -0.05) is 0 Å². The van der Waals surface area contributed by atoms with E-state index in [1.54, 1.807) is 17.4 Å². The molecule has 0 spiro atoms. The predicted octanol–water partition coefficient (Wildman–Crippen LogP) is 2.24. The number of nitro groups is 1. The van der Waals surface area contributed by atoms with Crippen LogP contribution < -0.4 is 0 Å². The van der Waals surface area contributed by atoms with E-state index >= 15 is 0 Å². The third-order valence-electron chi connectivity index (χ3n) is 4.01. The van der Waals surface area contributed by atoms with Crippen molar-refractivity contribution in [3.63, 3.8) is 0 Å². The van der Waals surface area contributed by atoms with Gasteiger partial charge in [0.2, 0.25) is 0 Å². The smallest absolute Gasteiger partial charge is 0.272 e. The van der Waals surface area contributed by atoms with E-state index in [-0.39, 0.29) is 17.3 Å². The van der Waals surface area contributed by atoms with E-state index in [1.165, 1.54) is 6.07 Å². The number of nitro benzene ring substituents is 1. The predicted molar refractivity (Wildman–Crippen MR) is 79.3 cm³/mol. The number of halogens is 1. The molecular formula is C15H15FN4O3. The first-order chi connectivity index (χ1) is 11.1. The average Bonchev–Trinajstić information content (AvgIpc) is 3.18. The lowest BCUT2D eigenvalue weighted by atomic mass is 10.1. The summed E-state index contributed by atoms with van der Waals surface area (Å²) >= 11 is 0. The maximum Gasteiger partial charge on any atom is 0.272 e. The van der Waals surface area contributed by atoms with Gasteiger partial charge >= 0.3 is 0 Å². The van der Waals surface area contributed by atoms with E-state index in [9.17, 15) is 19.3 Å². The highest BCUT2D eigenvalue weighted by Gasteiger charge is 2.31. The van der Waals surface area contributed by atoms with Crippen LogP contribution in [0.3, 0.4) is 0 Å². The average molecular weight is 318 g/mol. The lowest BCUT2D eigenvalue weighted by molar-refractivity contribution is -0.385. The minimum Gasteiger partial charge on any atom is -0.335 e. The summed E-state index contributed by atoms with van der Waals surface area (Å²) in [6, 6.07) is 3.08. The maximum atomic E-state index is 14.1. The Morgan fingerprint density at radius 2 is 2.30 bits per heavy atom. The molecule has 1 atom stereocenters. The van der Waals surface area contributed by atoms with Crippen LogP contribution in [0.1, 0.15) is 23.2 Å². The van der Waals surface area contributed by atoms with Gasteiger partial charge in [-0.2, -0.15) is 0 Å². The first-order valence-electron chi connectivity index (χ1n) is 7.27. The summed E-state index contributed by atoms with van der Waals surface area (Å²) in [7, 11) is 0. The molecule has 7 nitrogen and oxygen atoms in total. The molecule has 1 fully saturated rings. The van der Waals surface area contributed by atoms with Crippen LogP contribution in [0, 0.1) is 15.9 Å². The van der Waals surface area contributed by atoms with Gasteiger partial charge in [0.25, 0.3) is 11.6 Å². The van der Waals surface area contributed by atoms with Gasteiger partial charge in [0, 0.05) is 37.6 Å². The van der Waals surface area contributed by atoms with Gasteiger partial charge < -0.3 is 9.47 Å². The fourth-order valence-electron chi connectivity index (χ4n) is 2.88. The van der Waals surface area contributed by atoms with Crippen LogP contribution in [-0.2, 0) is 6.54 Å². The molecule has 2 aromatic rings. The van der Waals surface area contributed by atoms with Crippen molar-refractivity contribution in [2.24, 2.45) is 0 Å². The monoisotopic (exact) mass is 318 g/mol. The zero-order valence-electron chi connectivity index (χ0n) is 12.3. The van der Waals surface area contributed by atoms with Crippen molar-refractivity contribution >= 4 is 11.6 Å². The minimum atomic E-state index is -0.863. The van der Waals surface area contributed by atoms with Gasteiger partial charge in [-0.3, -0.25) is 14.9 Å². The number of carbonyl (C=O) groups excluding carboxylic acids is 1. The summed E-state index contributed by atoms with van der Waals surface area (Å²) in [6.45, 7) is 1.15. The SMILES string of the molecule is O=C(c1ccc([N+](=O)[O-])cc1F)N1CCCC1Cn1ccnc1. The molecular weight excluding hydrogens is 303 g/mol. The van der Waals surface area contributed by atoms with E-state index in [0.717, 1.165) is 25.0 Å². The number of aromatic nitrogens is 2. The summed E-state index contributed by atoms with van der Waals surface area (Å²) < 4.78 is 15.9. The van der Waals surface area contributed by atoms with Crippen molar-refractivity contribution in [1.29, 1.82) is 0 Å². The number of non-ortho nitro benzene ring substituents is 1. The molecule has 23 heavy (non-hydrogen) atoms. The summed E-state index contributed by atoms with van der Waals surface area (Å²) in [5.41, 5.74) is -0.497. The Kier molecular flexibility index (Phi) is 4.05. The number of carbonyl (C=O) groups is 1. The molecule has 0 N–H and O–H groups in total. The van der Waals surface area contributed by atoms with Gasteiger partial charge in [-0.05, 0) is 18.9 Å². The Hall–Kier alpha value is -2.77. The summed E-state index contributed by atoms with van der Waals surface area (Å²) in [4.78, 5) is 28.1. The fraction of sp³-hybridized carbons (Fsp3) is 0.333. The Morgan fingerprint density at radius 1 is 1.48 bits per heavy atom. The third-order valence-corrected chi connectivity index (χ3v) is 4.01. The number of imidazole rings is 1. The van der Waals surface area contributed by atoms with Crippen molar-refractivity contribution in [2.45, 2.75) is 25.4 Å². The zero-order chi connectivity index (χ0) is 16.4. The summed E-state index contributed by atoms with van der Waals surface area (Å²) in [5, 5.41) is 10.7. The first kappa shape index (κ1) is 15.1. The molecule has 1 aliphatic heterocycles. The van der Waals surface area contributed by atoms with Gasteiger partial charge in [0.1, 0.15) is 5.82 Å². The highest BCUT2D eigenvalue weighted by molar-refractivity contribution is 5.95. The normalized spacial score (nSPS) is 17.4. The van der Waals surface area contributed by atoms with Crippen molar-refractivity contribution in [1.82, 2.24) is 14.5 Å². The molecule has 8 heteroatoms. The van der Waals surface area contributed by atoms with E-state index in [2.05, 4.69) is 4.98 Å². The second-order valence-corrected chi connectivity index (χ2v) is 5.48. The lowest BCUT2D eigenvalue weighted by Crippen LogP contribution is -2.38. The van der Waals surface area contributed by atoms with Crippen molar-refractivity contribution in [3.8, 4) is 0 Å². The van der Waals surface area contributed by atoms with Gasteiger partial charge in [0.05, 0.1) is 22.9 Å². The van der Waals surface area contributed by atoms with Crippen LogP contribution in [0.25, 0.3) is 0 Å². The van der Waals surface area contributed by atoms with Crippen LogP contribution in [0.4, 0.5) is 10.1 Å². The van der Waals surface area contributed by atoms with Crippen LogP contribution in [0.15, 0.2) is 36.9 Å². The van der Waals surface area contributed by atoms with Gasteiger partial charge in [0.15, 0.2) is 0 Å². The van der Waals surface area contributed by atoms with Crippen molar-refractivity contribution < 1.29 is 14.1 Å². The third kappa shape index (κ3) is 3.05. The zero-order valence-corrected chi connectivity index (χ0v) is 12.3. The minimum absolute atomic E-state index is 0.0358. The van der Waals surface area contributed by atoms with Crippen molar-refractivity contribution in [2.75, 3.05) is 6.54 Å². The number of hydrogen-bond acceptors (Lipinski definition) is 4. The maximum absolute atomic E-state index is 14.1. The largest absolute Gasteiger partial charge is 0.335 e. The quantitative estimate of drug-likeness (QED) is 0.639. The molecule has 0 aliphatic carbocycles. The lowest BCUT2D eigenvalue weighted by Gasteiger charge is -2.25. The fourth-order valence-corrected chi connectivity index (χ4v) is 2.88. The van der Waals surface area contributed by atoms with Gasteiger partial charge in [-0.25, -0.2) is 9.37 Å². The molecule has 3 rings (SSSR count). The van der Waals surface area contributed by atoms with E-state index in [1.807, 2.05) is 10.8 Å². The van der Waals surface area contributed by atoms with E-state index in [0.29, 0.717) is 13.1 Å². The molecule has 1 saturated heterocycles. The Balaban J connectivity index is 1.80.